The summed E-state index contributed by atoms with van der Waals surface area (Å²) in [7, 11) is -4.51. The molecule has 0 atom stereocenters. The molecule has 0 aliphatic heterocycles. The Bertz CT molecular complexity index is 1410. The van der Waals surface area contributed by atoms with E-state index in [1.54, 1.807) is 0 Å². The molecule has 30 heavy (non-hydrogen) atoms. The first kappa shape index (κ1) is 20.8. The quantitative estimate of drug-likeness (QED) is 0.326. The zero-order valence-corrected chi connectivity index (χ0v) is 18.8. The number of ether oxygens (including phenoxy) is 1. The number of carbonyl (C=O) groups excluding carboxylic acids is 1. The van der Waals surface area contributed by atoms with Crippen LogP contribution in [0.3, 0.4) is 0 Å². The molecule has 142 valence electrons. The van der Waals surface area contributed by atoms with Gasteiger partial charge in [0.2, 0.25) is 0 Å². The molecular weight excluding hydrogens is 411 g/mol. The van der Waals surface area contributed by atoms with Gasteiger partial charge in [-0.3, -0.25) is 4.79 Å². The molecule has 0 fully saturated rings. The number of rotatable bonds is 3. The van der Waals surface area contributed by atoms with E-state index in [4.69, 9.17) is 4.74 Å². The van der Waals surface area contributed by atoms with Crippen molar-refractivity contribution >= 4 is 26.7 Å². The SMILES string of the molecule is O=C1c2ccccc2-c2ccc(Oc3ccc(S(=O)(=O)[O-])cc3)c3cccc1c23.[Na+]. The molecule has 0 bridgehead atoms. The summed E-state index contributed by atoms with van der Waals surface area (Å²) in [5, 5.41) is 1.61. The molecule has 5 nitrogen and oxygen atoms in total. The van der Waals surface area contributed by atoms with E-state index < -0.39 is 10.1 Å². The van der Waals surface area contributed by atoms with Crippen molar-refractivity contribution in [1.29, 1.82) is 0 Å². The minimum absolute atomic E-state index is 0. The van der Waals surface area contributed by atoms with Gasteiger partial charge in [-0.1, -0.05) is 42.5 Å². The molecule has 0 heterocycles. The van der Waals surface area contributed by atoms with Gasteiger partial charge in [-0.05, 0) is 47.5 Å². The minimum Gasteiger partial charge on any atom is -0.744 e. The van der Waals surface area contributed by atoms with Crippen molar-refractivity contribution in [3.8, 4) is 22.6 Å². The molecule has 1 aliphatic rings. The van der Waals surface area contributed by atoms with Gasteiger partial charge in [0.25, 0.3) is 0 Å². The maximum absolute atomic E-state index is 13.0. The molecule has 0 spiro atoms. The van der Waals surface area contributed by atoms with Crippen molar-refractivity contribution in [3.05, 3.63) is 90.0 Å². The van der Waals surface area contributed by atoms with Crippen molar-refractivity contribution in [3.63, 3.8) is 0 Å². The normalized spacial score (nSPS) is 12.2. The third-order valence-electron chi connectivity index (χ3n) is 5.05. The maximum atomic E-state index is 13.0. The largest absolute Gasteiger partial charge is 1.00 e. The molecule has 4 aromatic rings. The Hall–Kier alpha value is -2.48. The molecule has 0 amide bonds. The first-order valence-electron chi connectivity index (χ1n) is 8.87. The van der Waals surface area contributed by atoms with Crippen LogP contribution in [0, 0.1) is 0 Å². The van der Waals surface area contributed by atoms with Gasteiger partial charge < -0.3 is 9.29 Å². The second kappa shape index (κ2) is 7.65. The predicted molar refractivity (Wildman–Crippen MR) is 107 cm³/mol. The Kier molecular flexibility index (Phi) is 5.30. The van der Waals surface area contributed by atoms with Gasteiger partial charge in [-0.25, -0.2) is 8.42 Å². The summed E-state index contributed by atoms with van der Waals surface area (Å²) in [4.78, 5) is 12.7. The van der Waals surface area contributed by atoms with E-state index in [2.05, 4.69) is 0 Å². The summed E-state index contributed by atoms with van der Waals surface area (Å²) in [5.74, 6) is 0.900. The van der Waals surface area contributed by atoms with Crippen LogP contribution in [0.15, 0.2) is 83.8 Å². The van der Waals surface area contributed by atoms with Crippen LogP contribution >= 0.6 is 0 Å². The van der Waals surface area contributed by atoms with Crippen LogP contribution in [-0.4, -0.2) is 18.8 Å². The fourth-order valence-electron chi connectivity index (χ4n) is 3.75. The number of hydrogen-bond acceptors (Lipinski definition) is 5. The van der Waals surface area contributed by atoms with E-state index >= 15 is 0 Å². The second-order valence-electron chi connectivity index (χ2n) is 6.74. The third kappa shape index (κ3) is 3.37. The molecule has 0 unspecified atom stereocenters. The number of fused-ring (bicyclic) bond motifs is 2. The van der Waals surface area contributed by atoms with Crippen LogP contribution < -0.4 is 34.3 Å². The average Bonchev–Trinajstić information content (AvgIpc) is 2.72. The van der Waals surface area contributed by atoms with Crippen LogP contribution in [-0.2, 0) is 10.1 Å². The summed E-state index contributed by atoms with van der Waals surface area (Å²) in [5.41, 5.74) is 3.15. The van der Waals surface area contributed by atoms with Crippen molar-refractivity contribution in [1.82, 2.24) is 0 Å². The van der Waals surface area contributed by atoms with E-state index in [-0.39, 0.29) is 40.2 Å². The average molecular weight is 424 g/mol. The second-order valence-corrected chi connectivity index (χ2v) is 8.12. The van der Waals surface area contributed by atoms with Gasteiger partial charge in [0, 0.05) is 21.9 Å². The summed E-state index contributed by atoms with van der Waals surface area (Å²) >= 11 is 0. The number of ketones is 1. The summed E-state index contributed by atoms with van der Waals surface area (Å²) < 4.78 is 39.2. The fraction of sp³-hybridized carbons (Fsp3) is 0. The molecule has 0 radical (unpaired) electrons. The van der Waals surface area contributed by atoms with E-state index in [0.29, 0.717) is 22.6 Å². The smallest absolute Gasteiger partial charge is 0.744 e. The summed E-state index contributed by atoms with van der Waals surface area (Å²) in [6, 6.07) is 22.1. The number of carbonyl (C=O) groups is 1. The first-order valence-corrected chi connectivity index (χ1v) is 10.3. The van der Waals surface area contributed by atoms with Gasteiger partial charge in [0.05, 0.1) is 4.90 Å². The van der Waals surface area contributed by atoms with Crippen LogP contribution in [0.4, 0.5) is 0 Å². The van der Waals surface area contributed by atoms with E-state index in [9.17, 15) is 17.8 Å². The summed E-state index contributed by atoms with van der Waals surface area (Å²) in [6.45, 7) is 0. The van der Waals surface area contributed by atoms with Gasteiger partial charge in [-0.15, -0.1) is 0 Å². The van der Waals surface area contributed by atoms with Crippen molar-refractivity contribution in [2.24, 2.45) is 0 Å². The van der Waals surface area contributed by atoms with Crippen molar-refractivity contribution in [2.75, 3.05) is 0 Å². The molecule has 7 heteroatoms. The number of hydrogen-bond donors (Lipinski definition) is 0. The van der Waals surface area contributed by atoms with Gasteiger partial charge in [0.1, 0.15) is 21.6 Å². The Morgan fingerprint density at radius 1 is 0.700 bits per heavy atom. The van der Waals surface area contributed by atoms with Gasteiger partial charge in [0.15, 0.2) is 5.78 Å². The molecule has 1 aliphatic carbocycles. The zero-order valence-electron chi connectivity index (χ0n) is 16.0. The van der Waals surface area contributed by atoms with E-state index in [1.165, 1.54) is 24.3 Å². The van der Waals surface area contributed by atoms with Crippen LogP contribution in [0.5, 0.6) is 11.5 Å². The molecule has 0 saturated carbocycles. The standard InChI is InChI=1S/C23H14O5S.Na/c24-23-18-5-2-1-4-16(18)17-12-13-21(19-6-3-7-20(23)22(17)19)28-14-8-10-15(11-9-14)29(25,26)27;/h1-13H,(H,25,26,27);/q;+1/p-1. The van der Waals surface area contributed by atoms with Crippen LogP contribution in [0.1, 0.15) is 15.9 Å². The van der Waals surface area contributed by atoms with Crippen LogP contribution in [0.2, 0.25) is 0 Å². The van der Waals surface area contributed by atoms with Crippen LogP contribution in [0.25, 0.3) is 21.9 Å². The molecule has 0 N–H and O–H groups in total. The zero-order chi connectivity index (χ0) is 20.2. The Morgan fingerprint density at radius 2 is 1.37 bits per heavy atom. The first-order chi connectivity index (χ1) is 13.9. The predicted octanol–water partition coefficient (Wildman–Crippen LogP) is 1.75. The fourth-order valence-corrected chi connectivity index (χ4v) is 4.21. The van der Waals surface area contributed by atoms with Crippen molar-refractivity contribution in [2.45, 2.75) is 4.90 Å². The topological polar surface area (TPSA) is 83.5 Å². The molecule has 0 aromatic heterocycles. The Morgan fingerprint density at radius 3 is 2.07 bits per heavy atom. The Labute approximate surface area is 195 Å². The maximum Gasteiger partial charge on any atom is 1.00 e. The van der Waals surface area contributed by atoms with Gasteiger partial charge in [-0.2, -0.15) is 0 Å². The molecule has 5 rings (SSSR count). The van der Waals surface area contributed by atoms with E-state index in [1.807, 2.05) is 54.6 Å². The molecule has 0 saturated heterocycles. The van der Waals surface area contributed by atoms with Crippen molar-refractivity contribution < 1.29 is 52.1 Å². The van der Waals surface area contributed by atoms with E-state index in [0.717, 1.165) is 21.9 Å². The third-order valence-corrected chi connectivity index (χ3v) is 5.90. The summed E-state index contributed by atoms with van der Waals surface area (Å²) in [6.07, 6.45) is 0. The molecule has 4 aromatic carbocycles. The number of benzene rings is 4. The minimum atomic E-state index is -4.51. The van der Waals surface area contributed by atoms with Gasteiger partial charge >= 0.3 is 29.6 Å². The molecular formula is C23H13NaO5S. The Balaban J connectivity index is 0.00000218. The monoisotopic (exact) mass is 424 g/mol.